The number of aryl methyl sites for hydroxylation is 1. The van der Waals surface area contributed by atoms with Gasteiger partial charge in [-0.05, 0) is 25.0 Å². The van der Waals surface area contributed by atoms with E-state index in [-0.39, 0.29) is 23.4 Å². The fourth-order valence-corrected chi connectivity index (χ4v) is 2.60. The van der Waals surface area contributed by atoms with Crippen molar-refractivity contribution in [3.63, 3.8) is 0 Å². The molecule has 22 heavy (non-hydrogen) atoms. The lowest BCUT2D eigenvalue weighted by Gasteiger charge is -2.12. The first kappa shape index (κ1) is 14.6. The number of H-pyrrole nitrogens is 1. The third kappa shape index (κ3) is 2.70. The summed E-state index contributed by atoms with van der Waals surface area (Å²) >= 11 is 0. The van der Waals surface area contributed by atoms with Crippen molar-refractivity contribution in [2.75, 3.05) is 0 Å². The number of halogens is 3. The van der Waals surface area contributed by atoms with E-state index in [2.05, 4.69) is 15.5 Å². The largest absolute Gasteiger partial charge is 0.416 e. The van der Waals surface area contributed by atoms with Crippen LogP contribution in [0.5, 0.6) is 0 Å². The highest BCUT2D eigenvalue weighted by Crippen LogP contribution is 2.46. The number of hydrogen-bond acceptors (Lipinski definition) is 2. The highest BCUT2D eigenvalue weighted by Gasteiger charge is 2.45. The van der Waals surface area contributed by atoms with Gasteiger partial charge in [0, 0.05) is 17.7 Å². The Bertz CT molecular complexity index is 708. The molecule has 1 aromatic carbocycles. The highest BCUT2D eigenvalue weighted by atomic mass is 19.4. The number of nitrogens with zero attached hydrogens (tertiary/aromatic N) is 1. The van der Waals surface area contributed by atoms with Gasteiger partial charge in [0.1, 0.15) is 0 Å². The van der Waals surface area contributed by atoms with Crippen molar-refractivity contribution in [1.82, 2.24) is 15.5 Å². The van der Waals surface area contributed by atoms with Gasteiger partial charge >= 0.3 is 6.18 Å². The fourth-order valence-electron chi connectivity index (χ4n) is 2.60. The van der Waals surface area contributed by atoms with Crippen molar-refractivity contribution in [2.24, 2.45) is 0 Å². The Hall–Kier alpha value is -2.31. The first-order chi connectivity index (χ1) is 10.4. The molecule has 3 rings (SSSR count). The average molecular weight is 309 g/mol. The lowest BCUT2D eigenvalue weighted by Crippen LogP contribution is -2.27. The summed E-state index contributed by atoms with van der Waals surface area (Å²) in [5.41, 5.74) is 0.653. The topological polar surface area (TPSA) is 57.8 Å². The van der Waals surface area contributed by atoms with Crippen LogP contribution >= 0.6 is 0 Å². The molecule has 2 atom stereocenters. The molecule has 116 valence electrons. The number of rotatable bonds is 3. The minimum absolute atomic E-state index is 0.240. The zero-order valence-corrected chi connectivity index (χ0v) is 11.7. The molecule has 7 heteroatoms. The van der Waals surface area contributed by atoms with Gasteiger partial charge in [-0.3, -0.25) is 9.89 Å². The molecule has 2 N–H and O–H groups in total. The van der Waals surface area contributed by atoms with Crippen LogP contribution in [0.4, 0.5) is 13.2 Å². The van der Waals surface area contributed by atoms with Gasteiger partial charge in [0.05, 0.1) is 17.3 Å². The van der Waals surface area contributed by atoms with Crippen LogP contribution in [-0.4, -0.2) is 22.1 Å². The third-order valence-corrected chi connectivity index (χ3v) is 3.85. The maximum absolute atomic E-state index is 13.0. The Kier molecular flexibility index (Phi) is 3.42. The predicted octanol–water partition coefficient (Wildman–Crippen LogP) is 3.02. The number of aromatic amines is 1. The Balaban J connectivity index is 1.73. The molecule has 1 fully saturated rings. The molecular formula is C15H14F3N3O. The lowest BCUT2D eigenvalue weighted by atomic mass is 10.0. The smallest absolute Gasteiger partial charge is 0.349 e. The molecule has 1 aromatic heterocycles. The molecular weight excluding hydrogens is 295 g/mol. The van der Waals surface area contributed by atoms with Crippen molar-refractivity contribution < 1.29 is 18.0 Å². The van der Waals surface area contributed by atoms with E-state index in [1.807, 2.05) is 0 Å². The van der Waals surface area contributed by atoms with E-state index in [4.69, 9.17) is 0 Å². The average Bonchev–Trinajstić information content (AvgIpc) is 3.08. The molecule has 0 radical (unpaired) electrons. The van der Waals surface area contributed by atoms with E-state index in [1.54, 1.807) is 13.0 Å². The number of aromatic nitrogens is 2. The Morgan fingerprint density at radius 2 is 2.09 bits per heavy atom. The molecule has 0 unspecified atom stereocenters. The van der Waals surface area contributed by atoms with Crippen molar-refractivity contribution >= 4 is 5.91 Å². The van der Waals surface area contributed by atoms with Crippen molar-refractivity contribution in [3.8, 4) is 0 Å². The number of carbonyl (C=O) groups is 1. The minimum Gasteiger partial charge on any atom is -0.349 e. The van der Waals surface area contributed by atoms with Gasteiger partial charge in [-0.2, -0.15) is 18.3 Å². The fraction of sp³-hybridized carbons (Fsp3) is 0.333. The summed E-state index contributed by atoms with van der Waals surface area (Å²) in [6, 6.07) is 5.24. The van der Waals surface area contributed by atoms with Crippen molar-refractivity contribution in [3.05, 3.63) is 52.8 Å². The Labute approximate surface area is 124 Å². The van der Waals surface area contributed by atoms with E-state index >= 15 is 0 Å². The minimum atomic E-state index is -4.38. The molecule has 0 bridgehead atoms. The number of alkyl halides is 3. The van der Waals surface area contributed by atoms with E-state index in [9.17, 15) is 18.0 Å². The Morgan fingerprint density at radius 1 is 1.36 bits per heavy atom. The van der Waals surface area contributed by atoms with Gasteiger partial charge in [0.25, 0.3) is 5.91 Å². The van der Waals surface area contributed by atoms with Crippen LogP contribution in [0, 0.1) is 6.92 Å². The maximum atomic E-state index is 13.0. The Morgan fingerprint density at radius 3 is 2.73 bits per heavy atom. The summed E-state index contributed by atoms with van der Waals surface area (Å²) in [4.78, 5) is 12.0. The second-order valence-corrected chi connectivity index (χ2v) is 5.42. The van der Waals surface area contributed by atoms with E-state index in [0.29, 0.717) is 17.7 Å². The summed E-state index contributed by atoms with van der Waals surface area (Å²) in [5, 5.41) is 9.17. The molecule has 0 aliphatic heterocycles. The van der Waals surface area contributed by atoms with Crippen LogP contribution < -0.4 is 5.32 Å². The van der Waals surface area contributed by atoms with Crippen molar-refractivity contribution in [1.29, 1.82) is 0 Å². The van der Waals surface area contributed by atoms with Crippen LogP contribution in [0.3, 0.4) is 0 Å². The first-order valence-corrected chi connectivity index (χ1v) is 6.85. The van der Waals surface area contributed by atoms with Gasteiger partial charge < -0.3 is 5.32 Å². The maximum Gasteiger partial charge on any atom is 0.416 e. The summed E-state index contributed by atoms with van der Waals surface area (Å²) in [5.74, 6) is -0.614. The zero-order chi connectivity index (χ0) is 15.9. The molecule has 1 amide bonds. The lowest BCUT2D eigenvalue weighted by molar-refractivity contribution is -0.138. The second kappa shape index (κ2) is 5.15. The van der Waals surface area contributed by atoms with Gasteiger partial charge in [0.15, 0.2) is 0 Å². The second-order valence-electron chi connectivity index (χ2n) is 5.42. The quantitative estimate of drug-likeness (QED) is 0.915. The number of benzene rings is 1. The molecule has 1 saturated carbocycles. The van der Waals surface area contributed by atoms with E-state index in [1.165, 1.54) is 18.3 Å². The number of amides is 1. The SMILES string of the molecule is Cc1[nH]ncc1C(=O)N[C@@H]1C[C@@H]1c1ccccc1C(F)(F)F. The molecule has 1 heterocycles. The standard InChI is InChI=1S/C15H14F3N3O/c1-8-11(7-19-21-8)14(22)20-13-6-10(13)9-4-2-3-5-12(9)15(16,17)18/h2-5,7,10,13H,6H2,1H3,(H,19,21)(H,20,22)/t10-,13-/m1/s1. The molecule has 4 nitrogen and oxygen atoms in total. The highest BCUT2D eigenvalue weighted by molar-refractivity contribution is 5.95. The molecule has 0 spiro atoms. The van der Waals surface area contributed by atoms with Crippen LogP contribution in [-0.2, 0) is 6.18 Å². The van der Waals surface area contributed by atoms with Crippen LogP contribution in [0.2, 0.25) is 0 Å². The monoisotopic (exact) mass is 309 g/mol. The van der Waals surface area contributed by atoms with Gasteiger partial charge in [-0.1, -0.05) is 18.2 Å². The number of hydrogen-bond donors (Lipinski definition) is 2. The summed E-state index contributed by atoms with van der Waals surface area (Å²) in [6.45, 7) is 1.71. The summed E-state index contributed by atoms with van der Waals surface area (Å²) in [7, 11) is 0. The van der Waals surface area contributed by atoms with E-state index < -0.39 is 11.7 Å². The molecule has 0 saturated heterocycles. The predicted molar refractivity (Wildman–Crippen MR) is 73.4 cm³/mol. The van der Waals surface area contributed by atoms with E-state index in [0.717, 1.165) is 6.07 Å². The van der Waals surface area contributed by atoms with Gasteiger partial charge in [0.2, 0.25) is 0 Å². The molecule has 1 aliphatic rings. The molecule has 2 aromatic rings. The van der Waals surface area contributed by atoms with Crippen LogP contribution in [0.15, 0.2) is 30.5 Å². The number of nitrogens with one attached hydrogen (secondary N) is 2. The van der Waals surface area contributed by atoms with Crippen molar-refractivity contribution in [2.45, 2.75) is 31.5 Å². The third-order valence-electron chi connectivity index (χ3n) is 3.85. The molecule has 1 aliphatic carbocycles. The summed E-state index contributed by atoms with van der Waals surface area (Å²) < 4.78 is 39.0. The normalized spacial score (nSPS) is 20.7. The summed E-state index contributed by atoms with van der Waals surface area (Å²) in [6.07, 6.45) is -2.46. The zero-order valence-electron chi connectivity index (χ0n) is 11.7. The van der Waals surface area contributed by atoms with Crippen LogP contribution in [0.25, 0.3) is 0 Å². The first-order valence-electron chi connectivity index (χ1n) is 6.85. The van der Waals surface area contributed by atoms with Gasteiger partial charge in [-0.15, -0.1) is 0 Å². The number of carbonyl (C=O) groups excluding carboxylic acids is 1. The van der Waals surface area contributed by atoms with Gasteiger partial charge in [-0.25, -0.2) is 0 Å². The van der Waals surface area contributed by atoms with Crippen LogP contribution in [0.1, 0.15) is 39.5 Å².